The van der Waals surface area contributed by atoms with E-state index in [0.717, 1.165) is 24.2 Å². The van der Waals surface area contributed by atoms with Crippen molar-refractivity contribution in [2.45, 2.75) is 31.9 Å². The van der Waals surface area contributed by atoms with Crippen molar-refractivity contribution in [2.24, 2.45) is 0 Å². The molecule has 0 spiro atoms. The van der Waals surface area contributed by atoms with Gasteiger partial charge in [-0.2, -0.15) is 0 Å². The van der Waals surface area contributed by atoms with Crippen LogP contribution in [0.2, 0.25) is 0 Å². The van der Waals surface area contributed by atoms with E-state index in [2.05, 4.69) is 0 Å². The number of nitrogens with zero attached hydrogens (tertiary/aromatic N) is 1. The molecule has 1 heterocycles. The molecule has 1 amide bonds. The van der Waals surface area contributed by atoms with Crippen LogP contribution < -0.4 is 4.74 Å². The van der Waals surface area contributed by atoms with E-state index in [1.165, 1.54) is 0 Å². The molecule has 3 rings (SSSR count). The molecule has 18 heavy (non-hydrogen) atoms. The third kappa shape index (κ3) is 2.03. The Bertz CT molecular complexity index is 456. The number of amides is 1. The summed E-state index contributed by atoms with van der Waals surface area (Å²) in [4.78, 5) is 13.6. The monoisotopic (exact) mass is 247 g/mol. The molecule has 1 saturated heterocycles. The largest absolute Gasteiger partial charge is 0.493 e. The maximum absolute atomic E-state index is 11.8. The van der Waals surface area contributed by atoms with Crippen LogP contribution in [0.4, 0.5) is 4.79 Å². The molecular formula is C14H17NO3. The smallest absolute Gasteiger partial charge is 0.410 e. The Morgan fingerprint density at radius 2 is 2.17 bits per heavy atom. The normalized spacial score (nSPS) is 23.1. The standard InChI is InChI=1S/C14H17NO3/c1-2-17-12-6-4-3-5-11(12)13-9-15(10-7-8-10)14(16)18-13/h3-6,10,13H,2,7-9H2,1H3. The van der Waals surface area contributed by atoms with Gasteiger partial charge in [-0.05, 0) is 25.8 Å². The topological polar surface area (TPSA) is 38.8 Å². The van der Waals surface area contributed by atoms with Crippen molar-refractivity contribution in [3.8, 4) is 5.75 Å². The second kappa shape index (κ2) is 4.52. The molecule has 1 atom stereocenters. The second-order valence-corrected chi connectivity index (χ2v) is 4.73. The number of hydrogen-bond acceptors (Lipinski definition) is 3. The van der Waals surface area contributed by atoms with Crippen LogP contribution >= 0.6 is 0 Å². The average molecular weight is 247 g/mol. The molecular weight excluding hydrogens is 230 g/mol. The zero-order valence-corrected chi connectivity index (χ0v) is 10.5. The van der Waals surface area contributed by atoms with Gasteiger partial charge in [-0.1, -0.05) is 18.2 Å². The fourth-order valence-corrected chi connectivity index (χ4v) is 2.36. The van der Waals surface area contributed by atoms with E-state index in [9.17, 15) is 4.79 Å². The summed E-state index contributed by atoms with van der Waals surface area (Å²) >= 11 is 0. The summed E-state index contributed by atoms with van der Waals surface area (Å²) in [6.45, 7) is 3.21. The number of cyclic esters (lactones) is 1. The number of carbonyl (C=O) groups is 1. The van der Waals surface area contributed by atoms with E-state index < -0.39 is 0 Å². The molecule has 2 fully saturated rings. The van der Waals surface area contributed by atoms with Gasteiger partial charge in [0.05, 0.1) is 13.2 Å². The summed E-state index contributed by atoms with van der Waals surface area (Å²) < 4.78 is 11.0. The van der Waals surface area contributed by atoms with E-state index in [0.29, 0.717) is 19.2 Å². The van der Waals surface area contributed by atoms with Crippen LogP contribution in [-0.2, 0) is 4.74 Å². The molecule has 1 aliphatic heterocycles. The van der Waals surface area contributed by atoms with E-state index in [1.54, 1.807) is 0 Å². The van der Waals surface area contributed by atoms with Gasteiger partial charge in [-0.3, -0.25) is 0 Å². The highest BCUT2D eigenvalue weighted by Crippen LogP contribution is 2.37. The maximum Gasteiger partial charge on any atom is 0.410 e. The lowest BCUT2D eigenvalue weighted by Crippen LogP contribution is -2.26. The Kier molecular flexibility index (Phi) is 2.86. The summed E-state index contributed by atoms with van der Waals surface area (Å²) in [6, 6.07) is 8.18. The fourth-order valence-electron chi connectivity index (χ4n) is 2.36. The number of ether oxygens (including phenoxy) is 2. The van der Waals surface area contributed by atoms with Crippen LogP contribution in [-0.4, -0.2) is 30.2 Å². The molecule has 0 radical (unpaired) electrons. The van der Waals surface area contributed by atoms with E-state index in [4.69, 9.17) is 9.47 Å². The minimum Gasteiger partial charge on any atom is -0.493 e. The fraction of sp³-hybridized carbons (Fsp3) is 0.500. The van der Waals surface area contributed by atoms with Crippen molar-refractivity contribution in [1.82, 2.24) is 4.90 Å². The highest BCUT2D eigenvalue weighted by molar-refractivity contribution is 5.71. The van der Waals surface area contributed by atoms with E-state index in [1.807, 2.05) is 36.1 Å². The number of benzene rings is 1. The minimum absolute atomic E-state index is 0.186. The number of carbonyl (C=O) groups excluding carboxylic acids is 1. The second-order valence-electron chi connectivity index (χ2n) is 4.73. The molecule has 1 aromatic carbocycles. The molecule has 4 heteroatoms. The highest BCUT2D eigenvalue weighted by Gasteiger charge is 2.42. The quantitative estimate of drug-likeness (QED) is 0.821. The van der Waals surface area contributed by atoms with Gasteiger partial charge in [-0.25, -0.2) is 4.79 Å². The van der Waals surface area contributed by atoms with Crippen molar-refractivity contribution >= 4 is 6.09 Å². The molecule has 0 aromatic heterocycles. The summed E-state index contributed by atoms with van der Waals surface area (Å²) in [6.07, 6.45) is 1.83. The Hall–Kier alpha value is -1.71. The molecule has 2 aliphatic rings. The summed E-state index contributed by atoms with van der Waals surface area (Å²) in [5, 5.41) is 0. The average Bonchev–Trinajstić information content (AvgIpc) is 3.14. The summed E-state index contributed by atoms with van der Waals surface area (Å²) in [7, 11) is 0. The van der Waals surface area contributed by atoms with Gasteiger partial charge in [-0.15, -0.1) is 0 Å². The third-order valence-electron chi connectivity index (χ3n) is 3.39. The van der Waals surface area contributed by atoms with Gasteiger partial charge in [0.25, 0.3) is 0 Å². The Balaban J connectivity index is 1.80. The van der Waals surface area contributed by atoms with Gasteiger partial charge in [0.2, 0.25) is 0 Å². The van der Waals surface area contributed by atoms with Gasteiger partial charge < -0.3 is 14.4 Å². The lowest BCUT2D eigenvalue weighted by Gasteiger charge is -2.14. The minimum atomic E-state index is -0.194. The molecule has 1 unspecified atom stereocenters. The zero-order valence-electron chi connectivity index (χ0n) is 10.5. The van der Waals surface area contributed by atoms with Crippen LogP contribution in [0.15, 0.2) is 24.3 Å². The van der Waals surface area contributed by atoms with Gasteiger partial charge in [0, 0.05) is 11.6 Å². The highest BCUT2D eigenvalue weighted by atomic mass is 16.6. The maximum atomic E-state index is 11.8. The molecule has 0 N–H and O–H groups in total. The molecule has 1 saturated carbocycles. The van der Waals surface area contributed by atoms with Crippen molar-refractivity contribution in [2.75, 3.05) is 13.2 Å². The van der Waals surface area contributed by atoms with E-state index >= 15 is 0 Å². The Morgan fingerprint density at radius 1 is 1.39 bits per heavy atom. The van der Waals surface area contributed by atoms with Crippen LogP contribution in [0.25, 0.3) is 0 Å². The Labute approximate surface area is 106 Å². The first-order valence-electron chi connectivity index (χ1n) is 6.48. The van der Waals surface area contributed by atoms with E-state index in [-0.39, 0.29) is 12.2 Å². The van der Waals surface area contributed by atoms with Crippen molar-refractivity contribution < 1.29 is 14.3 Å². The van der Waals surface area contributed by atoms with Crippen LogP contribution in [0.5, 0.6) is 5.75 Å². The van der Waals surface area contributed by atoms with Crippen molar-refractivity contribution in [3.05, 3.63) is 29.8 Å². The van der Waals surface area contributed by atoms with Gasteiger partial charge >= 0.3 is 6.09 Å². The summed E-state index contributed by atoms with van der Waals surface area (Å²) in [5.41, 5.74) is 0.968. The number of hydrogen-bond donors (Lipinski definition) is 0. The first-order valence-corrected chi connectivity index (χ1v) is 6.48. The molecule has 0 bridgehead atoms. The zero-order chi connectivity index (χ0) is 12.5. The molecule has 96 valence electrons. The van der Waals surface area contributed by atoms with Crippen LogP contribution in [0.1, 0.15) is 31.4 Å². The lowest BCUT2D eigenvalue weighted by atomic mass is 10.1. The predicted molar refractivity (Wildman–Crippen MR) is 66.6 cm³/mol. The lowest BCUT2D eigenvalue weighted by molar-refractivity contribution is 0.130. The Morgan fingerprint density at radius 3 is 2.89 bits per heavy atom. The van der Waals surface area contributed by atoms with Crippen molar-refractivity contribution in [1.29, 1.82) is 0 Å². The SMILES string of the molecule is CCOc1ccccc1C1CN(C2CC2)C(=O)O1. The predicted octanol–water partition coefficient (Wildman–Crippen LogP) is 2.74. The van der Waals surface area contributed by atoms with Gasteiger partial charge in [0.15, 0.2) is 0 Å². The molecule has 4 nitrogen and oxygen atoms in total. The summed E-state index contributed by atoms with van der Waals surface area (Å²) in [5.74, 6) is 0.815. The number of rotatable bonds is 4. The molecule has 1 aliphatic carbocycles. The third-order valence-corrected chi connectivity index (χ3v) is 3.39. The molecule has 1 aromatic rings. The first kappa shape index (κ1) is 11.4. The van der Waals surface area contributed by atoms with Crippen molar-refractivity contribution in [3.63, 3.8) is 0 Å². The first-order chi connectivity index (χ1) is 8.79. The number of para-hydroxylation sites is 1. The van der Waals surface area contributed by atoms with Crippen LogP contribution in [0.3, 0.4) is 0 Å². The van der Waals surface area contributed by atoms with Crippen LogP contribution in [0, 0.1) is 0 Å². The van der Waals surface area contributed by atoms with Gasteiger partial charge in [0.1, 0.15) is 11.9 Å².